The first-order chi connectivity index (χ1) is 13.0. The highest BCUT2D eigenvalue weighted by Gasteiger charge is 2.33. The summed E-state index contributed by atoms with van der Waals surface area (Å²) in [4.78, 5) is 28.4. The second kappa shape index (κ2) is 8.35. The second-order valence-electron chi connectivity index (χ2n) is 6.51. The molecule has 0 bridgehead atoms. The third-order valence-corrected chi connectivity index (χ3v) is 4.85. The molecule has 1 atom stereocenters. The Hall–Kier alpha value is -2.67. The zero-order valence-corrected chi connectivity index (χ0v) is 15.6. The van der Waals surface area contributed by atoms with Gasteiger partial charge in [0.05, 0.1) is 12.6 Å². The molecule has 1 unspecified atom stereocenters. The molecule has 7 heteroatoms. The Morgan fingerprint density at radius 1 is 1.26 bits per heavy atom. The normalized spacial score (nSPS) is 16.1. The van der Waals surface area contributed by atoms with Crippen molar-refractivity contribution in [3.05, 3.63) is 59.7 Å². The van der Waals surface area contributed by atoms with E-state index in [0.717, 1.165) is 5.69 Å². The topological polar surface area (TPSA) is 54.8 Å². The monoisotopic (exact) mass is 373 g/mol. The van der Waals surface area contributed by atoms with Gasteiger partial charge >= 0.3 is 0 Å². The van der Waals surface area contributed by atoms with Crippen molar-refractivity contribution in [2.45, 2.75) is 19.5 Å². The third-order valence-electron chi connectivity index (χ3n) is 4.85. The van der Waals surface area contributed by atoms with Crippen molar-refractivity contribution < 1.29 is 18.7 Å². The molecule has 144 valence electrons. The maximum absolute atomic E-state index is 13.8. The lowest BCUT2D eigenvalue weighted by Crippen LogP contribution is -2.48. The Bertz CT molecular complexity index is 820. The highest BCUT2D eigenvalue weighted by molar-refractivity contribution is 5.86. The van der Waals surface area contributed by atoms with Gasteiger partial charge in [-0.1, -0.05) is 12.1 Å². The van der Waals surface area contributed by atoms with Crippen LogP contribution in [0.25, 0.3) is 0 Å². The van der Waals surface area contributed by atoms with Crippen molar-refractivity contribution in [3.8, 4) is 0 Å². The summed E-state index contributed by atoms with van der Waals surface area (Å²) in [5.74, 6) is -0.729. The number of rotatable bonds is 6. The van der Waals surface area contributed by atoms with Gasteiger partial charge < -0.3 is 19.1 Å². The van der Waals surface area contributed by atoms with Crippen LogP contribution in [-0.2, 0) is 20.9 Å². The van der Waals surface area contributed by atoms with Gasteiger partial charge in [-0.15, -0.1) is 0 Å². The molecule has 6 nitrogen and oxygen atoms in total. The van der Waals surface area contributed by atoms with Crippen LogP contribution in [0.2, 0.25) is 0 Å². The van der Waals surface area contributed by atoms with Gasteiger partial charge in [0.2, 0.25) is 11.8 Å². The van der Waals surface area contributed by atoms with Crippen LogP contribution in [0.3, 0.4) is 0 Å². The zero-order chi connectivity index (χ0) is 19.4. The van der Waals surface area contributed by atoms with Gasteiger partial charge in [-0.05, 0) is 36.8 Å². The first-order valence-corrected chi connectivity index (χ1v) is 9.01. The van der Waals surface area contributed by atoms with Crippen LogP contribution in [0, 0.1) is 5.82 Å². The minimum Gasteiger partial charge on any atom is -0.375 e. The lowest BCUT2D eigenvalue weighted by Gasteiger charge is -2.38. The number of benzene rings is 1. The quantitative estimate of drug-likeness (QED) is 0.779. The summed E-state index contributed by atoms with van der Waals surface area (Å²) >= 11 is 0. The molecule has 0 aliphatic carbocycles. The van der Waals surface area contributed by atoms with Crippen LogP contribution in [0.15, 0.2) is 42.6 Å². The summed E-state index contributed by atoms with van der Waals surface area (Å²) in [6.07, 6.45) is 1.96. The minimum atomic E-state index is -0.381. The number of nitrogens with zero attached hydrogens (tertiary/aromatic N) is 3. The van der Waals surface area contributed by atoms with Crippen molar-refractivity contribution in [1.29, 1.82) is 0 Å². The van der Waals surface area contributed by atoms with Crippen LogP contribution in [0.5, 0.6) is 0 Å². The summed E-state index contributed by atoms with van der Waals surface area (Å²) < 4.78 is 20.8. The lowest BCUT2D eigenvalue weighted by molar-refractivity contribution is -0.143. The number of carbonyl (C=O) groups is 2. The van der Waals surface area contributed by atoms with E-state index in [9.17, 15) is 14.0 Å². The molecule has 2 heterocycles. The maximum Gasteiger partial charge on any atom is 0.249 e. The predicted molar refractivity (Wildman–Crippen MR) is 98.5 cm³/mol. The molecule has 1 aliphatic rings. The van der Waals surface area contributed by atoms with Gasteiger partial charge in [-0.3, -0.25) is 9.59 Å². The number of hydrogen-bond acceptors (Lipinski definition) is 3. The summed E-state index contributed by atoms with van der Waals surface area (Å²) in [6.45, 7) is 3.33. The Kier molecular flexibility index (Phi) is 5.91. The molecule has 1 aliphatic heterocycles. The molecule has 1 aromatic heterocycles. The largest absolute Gasteiger partial charge is 0.375 e. The predicted octanol–water partition coefficient (Wildman–Crippen LogP) is 2.05. The molecule has 0 N–H and O–H groups in total. The number of carbonyl (C=O) groups excluding carboxylic acids is 2. The Labute approximate surface area is 158 Å². The van der Waals surface area contributed by atoms with E-state index in [2.05, 4.69) is 4.57 Å². The number of amides is 2. The third kappa shape index (κ3) is 4.03. The average Bonchev–Trinajstić information content (AvgIpc) is 3.14. The summed E-state index contributed by atoms with van der Waals surface area (Å²) in [7, 11) is 1.45. The fraction of sp³-hybridized carbons (Fsp3) is 0.400. The molecule has 0 fully saturated rings. The van der Waals surface area contributed by atoms with E-state index in [-0.39, 0.29) is 36.8 Å². The number of halogens is 1. The van der Waals surface area contributed by atoms with Gasteiger partial charge in [0.25, 0.3) is 0 Å². The SMILES string of the molecule is CCN(CC(=O)N1CCn2cccc2C1c1cccc(F)c1)C(=O)COC. The van der Waals surface area contributed by atoms with E-state index in [0.29, 0.717) is 25.2 Å². The summed E-state index contributed by atoms with van der Waals surface area (Å²) in [5, 5.41) is 0. The number of aromatic nitrogens is 1. The molecule has 0 spiro atoms. The van der Waals surface area contributed by atoms with Crippen LogP contribution in [0.4, 0.5) is 4.39 Å². The number of methoxy groups -OCH3 is 1. The fourth-order valence-electron chi connectivity index (χ4n) is 3.52. The van der Waals surface area contributed by atoms with Gasteiger partial charge in [-0.2, -0.15) is 0 Å². The number of hydrogen-bond donors (Lipinski definition) is 0. The summed E-state index contributed by atoms with van der Waals surface area (Å²) in [5.41, 5.74) is 1.65. The van der Waals surface area contributed by atoms with E-state index < -0.39 is 0 Å². The van der Waals surface area contributed by atoms with Crippen molar-refractivity contribution in [2.24, 2.45) is 0 Å². The van der Waals surface area contributed by atoms with Crippen LogP contribution in [0.1, 0.15) is 24.2 Å². The molecule has 0 radical (unpaired) electrons. The summed E-state index contributed by atoms with van der Waals surface area (Å²) in [6, 6.07) is 9.81. The molecule has 2 aromatic rings. The first-order valence-electron chi connectivity index (χ1n) is 9.01. The standard InChI is InChI=1S/C20H24FN3O3/c1-3-22(19(26)14-27-2)13-18(25)24-11-10-23-9-5-8-17(23)20(24)15-6-4-7-16(21)12-15/h4-9,12,20H,3,10-11,13-14H2,1-2H3. The Morgan fingerprint density at radius 2 is 2.07 bits per heavy atom. The molecule has 3 rings (SSSR count). The molecule has 0 saturated carbocycles. The van der Waals surface area contributed by atoms with Crippen LogP contribution >= 0.6 is 0 Å². The zero-order valence-electron chi connectivity index (χ0n) is 15.6. The van der Waals surface area contributed by atoms with Gasteiger partial charge in [0, 0.05) is 38.6 Å². The number of ether oxygens (including phenoxy) is 1. The molecule has 1 aromatic carbocycles. The molecule has 0 saturated heterocycles. The fourth-order valence-corrected chi connectivity index (χ4v) is 3.52. The van der Waals surface area contributed by atoms with Crippen LogP contribution in [-0.4, -0.2) is 59.5 Å². The van der Waals surface area contributed by atoms with Gasteiger partial charge in [-0.25, -0.2) is 4.39 Å². The smallest absolute Gasteiger partial charge is 0.249 e. The van der Waals surface area contributed by atoms with E-state index in [4.69, 9.17) is 4.74 Å². The van der Waals surface area contributed by atoms with Gasteiger partial charge in [0.15, 0.2) is 0 Å². The minimum absolute atomic E-state index is 0.0226. The van der Waals surface area contributed by atoms with E-state index in [1.54, 1.807) is 11.0 Å². The lowest BCUT2D eigenvalue weighted by atomic mass is 9.99. The highest BCUT2D eigenvalue weighted by Crippen LogP contribution is 2.32. The molecule has 27 heavy (non-hydrogen) atoms. The number of fused-ring (bicyclic) bond motifs is 1. The van der Waals surface area contributed by atoms with Crippen LogP contribution < -0.4 is 0 Å². The van der Waals surface area contributed by atoms with Crippen molar-refractivity contribution >= 4 is 11.8 Å². The Balaban J connectivity index is 1.88. The number of likely N-dealkylation sites (N-methyl/N-ethyl adjacent to an activating group) is 1. The van der Waals surface area contributed by atoms with Crippen molar-refractivity contribution in [1.82, 2.24) is 14.4 Å². The van der Waals surface area contributed by atoms with Gasteiger partial charge in [0.1, 0.15) is 12.4 Å². The highest BCUT2D eigenvalue weighted by atomic mass is 19.1. The average molecular weight is 373 g/mol. The molecular weight excluding hydrogens is 349 g/mol. The Morgan fingerprint density at radius 3 is 2.78 bits per heavy atom. The van der Waals surface area contributed by atoms with E-state index in [1.807, 2.05) is 31.3 Å². The van der Waals surface area contributed by atoms with Crippen molar-refractivity contribution in [3.63, 3.8) is 0 Å². The van der Waals surface area contributed by atoms with Crippen molar-refractivity contribution in [2.75, 3.05) is 33.4 Å². The maximum atomic E-state index is 13.8. The van der Waals surface area contributed by atoms with E-state index in [1.165, 1.54) is 24.1 Å². The first kappa shape index (κ1) is 19.1. The second-order valence-corrected chi connectivity index (χ2v) is 6.51. The molecular formula is C20H24FN3O3. The van der Waals surface area contributed by atoms with E-state index >= 15 is 0 Å². The molecule has 2 amide bonds.